The van der Waals surface area contributed by atoms with Crippen molar-refractivity contribution in [2.24, 2.45) is 0 Å². The highest BCUT2D eigenvalue weighted by atomic mass is 16.3. The quantitative estimate of drug-likeness (QED) is 0.694. The van der Waals surface area contributed by atoms with Crippen molar-refractivity contribution in [3.8, 4) is 0 Å². The maximum Gasteiger partial charge on any atom is 0.198 e. The molecule has 0 saturated heterocycles. The summed E-state index contributed by atoms with van der Waals surface area (Å²) in [6.45, 7) is 3.85. The molecule has 1 N–H and O–H groups in total. The van der Waals surface area contributed by atoms with Gasteiger partial charge in [0.05, 0.1) is 5.56 Å². The Morgan fingerprint density at radius 3 is 2.78 bits per heavy atom. The summed E-state index contributed by atoms with van der Waals surface area (Å²) in [4.78, 5) is 15.5. The van der Waals surface area contributed by atoms with Gasteiger partial charge in [0, 0.05) is 22.7 Å². The summed E-state index contributed by atoms with van der Waals surface area (Å²) in [7, 11) is 0. The number of aromatic amines is 1. The fourth-order valence-electron chi connectivity index (χ4n) is 2.14. The number of fused-ring (bicyclic) bond motifs is 1. The summed E-state index contributed by atoms with van der Waals surface area (Å²) in [5, 5.41) is 0.957. The standard InChI is InChI=1S/C15H13NO2/c1-9-3-4-14-12(5-9)13(7-16-14)15(17)11-6-10(2)18-8-11/h3-8,16H,1-2H3. The first-order valence-corrected chi connectivity index (χ1v) is 5.83. The molecule has 0 fully saturated rings. The van der Waals surface area contributed by atoms with Gasteiger partial charge in [-0.2, -0.15) is 0 Å². The van der Waals surface area contributed by atoms with Crippen molar-refractivity contribution < 1.29 is 9.21 Å². The van der Waals surface area contributed by atoms with Gasteiger partial charge in [0.1, 0.15) is 12.0 Å². The molecule has 3 heteroatoms. The molecule has 3 nitrogen and oxygen atoms in total. The van der Waals surface area contributed by atoms with E-state index in [1.807, 2.05) is 32.0 Å². The first-order chi connectivity index (χ1) is 8.65. The molecular formula is C15H13NO2. The SMILES string of the molecule is Cc1ccc2[nH]cc(C(=O)c3coc(C)c3)c2c1. The predicted octanol–water partition coefficient (Wildman–Crippen LogP) is 3.61. The molecule has 3 aromatic rings. The Morgan fingerprint density at radius 2 is 2.06 bits per heavy atom. The van der Waals surface area contributed by atoms with Gasteiger partial charge in [0.25, 0.3) is 0 Å². The lowest BCUT2D eigenvalue weighted by molar-refractivity contribution is 0.103. The molecule has 3 rings (SSSR count). The number of aromatic nitrogens is 1. The summed E-state index contributed by atoms with van der Waals surface area (Å²) < 4.78 is 5.19. The topological polar surface area (TPSA) is 46.0 Å². The van der Waals surface area contributed by atoms with Crippen LogP contribution in [-0.2, 0) is 0 Å². The minimum atomic E-state index is -0.0105. The molecule has 1 aromatic carbocycles. The highest BCUT2D eigenvalue weighted by Gasteiger charge is 2.15. The largest absolute Gasteiger partial charge is 0.469 e. The number of ketones is 1. The Labute approximate surface area is 104 Å². The van der Waals surface area contributed by atoms with E-state index in [2.05, 4.69) is 4.98 Å². The third-order valence-electron chi connectivity index (χ3n) is 3.07. The van der Waals surface area contributed by atoms with Crippen molar-refractivity contribution in [2.75, 3.05) is 0 Å². The third kappa shape index (κ3) is 1.64. The molecule has 0 aliphatic carbocycles. The lowest BCUT2D eigenvalue weighted by Crippen LogP contribution is -1.98. The van der Waals surface area contributed by atoms with E-state index in [4.69, 9.17) is 4.42 Å². The molecule has 0 spiro atoms. The highest BCUT2D eigenvalue weighted by molar-refractivity contribution is 6.16. The number of carbonyl (C=O) groups is 1. The van der Waals surface area contributed by atoms with Crippen LogP contribution >= 0.6 is 0 Å². The molecule has 0 atom stereocenters. The van der Waals surface area contributed by atoms with Crippen LogP contribution in [-0.4, -0.2) is 10.8 Å². The Hall–Kier alpha value is -2.29. The van der Waals surface area contributed by atoms with Crippen LogP contribution in [0.5, 0.6) is 0 Å². The number of H-pyrrole nitrogens is 1. The Morgan fingerprint density at radius 1 is 1.22 bits per heavy atom. The molecule has 0 radical (unpaired) electrons. The number of nitrogens with one attached hydrogen (secondary N) is 1. The molecule has 0 aliphatic heterocycles. The predicted molar refractivity (Wildman–Crippen MR) is 69.9 cm³/mol. The zero-order valence-electron chi connectivity index (χ0n) is 10.3. The zero-order valence-corrected chi connectivity index (χ0v) is 10.3. The average Bonchev–Trinajstić information content (AvgIpc) is 2.94. The van der Waals surface area contributed by atoms with E-state index in [1.54, 1.807) is 12.3 Å². The van der Waals surface area contributed by atoms with Crippen molar-refractivity contribution in [2.45, 2.75) is 13.8 Å². The molecule has 0 unspecified atom stereocenters. The van der Waals surface area contributed by atoms with Crippen molar-refractivity contribution in [3.05, 3.63) is 59.2 Å². The third-order valence-corrected chi connectivity index (χ3v) is 3.07. The lowest BCUT2D eigenvalue weighted by atomic mass is 10.0. The van der Waals surface area contributed by atoms with Gasteiger partial charge in [-0.25, -0.2) is 0 Å². The van der Waals surface area contributed by atoms with E-state index in [0.717, 1.165) is 22.2 Å². The molecule has 18 heavy (non-hydrogen) atoms. The highest BCUT2D eigenvalue weighted by Crippen LogP contribution is 2.23. The van der Waals surface area contributed by atoms with Gasteiger partial charge in [-0.1, -0.05) is 11.6 Å². The van der Waals surface area contributed by atoms with Crippen molar-refractivity contribution in [3.63, 3.8) is 0 Å². The number of aryl methyl sites for hydroxylation is 2. The summed E-state index contributed by atoms with van der Waals surface area (Å²) in [6, 6.07) is 7.79. The number of furan rings is 1. The monoisotopic (exact) mass is 239 g/mol. The molecule has 0 amide bonds. The van der Waals surface area contributed by atoms with Gasteiger partial charge in [-0.3, -0.25) is 4.79 Å². The molecule has 2 heterocycles. The summed E-state index contributed by atoms with van der Waals surface area (Å²) in [6.07, 6.45) is 3.26. The van der Waals surface area contributed by atoms with Crippen LogP contribution < -0.4 is 0 Å². The number of carbonyl (C=O) groups excluding carboxylic acids is 1. The van der Waals surface area contributed by atoms with E-state index < -0.39 is 0 Å². The average molecular weight is 239 g/mol. The second kappa shape index (κ2) is 3.88. The second-order valence-electron chi connectivity index (χ2n) is 4.53. The number of hydrogen-bond acceptors (Lipinski definition) is 2. The van der Waals surface area contributed by atoms with Gasteiger partial charge in [0.15, 0.2) is 5.78 Å². The number of rotatable bonds is 2. The molecule has 90 valence electrons. The van der Waals surface area contributed by atoms with Crippen LogP contribution in [0.1, 0.15) is 27.2 Å². The smallest absolute Gasteiger partial charge is 0.198 e. The van der Waals surface area contributed by atoms with E-state index in [0.29, 0.717) is 11.1 Å². The van der Waals surface area contributed by atoms with Gasteiger partial charge < -0.3 is 9.40 Å². The molecule has 0 aliphatic rings. The van der Waals surface area contributed by atoms with Crippen LogP contribution in [0.2, 0.25) is 0 Å². The maximum atomic E-state index is 12.4. The molecule has 0 bridgehead atoms. The van der Waals surface area contributed by atoms with Gasteiger partial charge in [-0.15, -0.1) is 0 Å². The van der Waals surface area contributed by atoms with Crippen LogP contribution in [0, 0.1) is 13.8 Å². The second-order valence-corrected chi connectivity index (χ2v) is 4.53. The zero-order chi connectivity index (χ0) is 12.7. The minimum Gasteiger partial charge on any atom is -0.469 e. The Kier molecular flexibility index (Phi) is 2.33. The van der Waals surface area contributed by atoms with Gasteiger partial charge in [0.2, 0.25) is 0 Å². The van der Waals surface area contributed by atoms with E-state index >= 15 is 0 Å². The van der Waals surface area contributed by atoms with Crippen molar-refractivity contribution in [1.82, 2.24) is 4.98 Å². The fraction of sp³-hybridized carbons (Fsp3) is 0.133. The van der Waals surface area contributed by atoms with Crippen molar-refractivity contribution >= 4 is 16.7 Å². The Bertz CT molecular complexity index is 734. The number of benzene rings is 1. The molecule has 0 saturated carbocycles. The molecular weight excluding hydrogens is 226 g/mol. The van der Waals surface area contributed by atoms with Crippen LogP contribution in [0.15, 0.2) is 41.1 Å². The number of hydrogen-bond donors (Lipinski definition) is 1. The van der Waals surface area contributed by atoms with Crippen LogP contribution in [0.4, 0.5) is 0 Å². The summed E-state index contributed by atoms with van der Waals surface area (Å²) in [5.41, 5.74) is 3.40. The van der Waals surface area contributed by atoms with E-state index in [1.165, 1.54) is 6.26 Å². The fourth-order valence-corrected chi connectivity index (χ4v) is 2.14. The maximum absolute atomic E-state index is 12.4. The molecule has 2 aromatic heterocycles. The lowest BCUT2D eigenvalue weighted by Gasteiger charge is -1.97. The van der Waals surface area contributed by atoms with E-state index in [-0.39, 0.29) is 5.78 Å². The summed E-state index contributed by atoms with van der Waals surface area (Å²) >= 11 is 0. The first-order valence-electron chi connectivity index (χ1n) is 5.83. The van der Waals surface area contributed by atoms with Crippen LogP contribution in [0.25, 0.3) is 10.9 Å². The van der Waals surface area contributed by atoms with Crippen molar-refractivity contribution in [1.29, 1.82) is 0 Å². The Balaban J connectivity index is 2.14. The van der Waals surface area contributed by atoms with E-state index in [9.17, 15) is 4.79 Å². The summed E-state index contributed by atoms with van der Waals surface area (Å²) in [5.74, 6) is 0.734. The van der Waals surface area contributed by atoms with Gasteiger partial charge in [-0.05, 0) is 32.0 Å². The van der Waals surface area contributed by atoms with Gasteiger partial charge >= 0.3 is 0 Å². The first kappa shape index (κ1) is 10.8. The minimum absolute atomic E-state index is 0.0105. The normalized spacial score (nSPS) is 11.0. The van der Waals surface area contributed by atoms with Crippen LogP contribution in [0.3, 0.4) is 0 Å².